The average molecular weight is 348 g/mol. The van der Waals surface area contributed by atoms with Gasteiger partial charge in [-0.1, -0.05) is 0 Å². The van der Waals surface area contributed by atoms with Crippen molar-refractivity contribution in [3.63, 3.8) is 0 Å². The van der Waals surface area contributed by atoms with E-state index >= 15 is 0 Å². The highest BCUT2D eigenvalue weighted by atomic mass is 79.9. The molecule has 3 rings (SSSR count). The Hall–Kier alpha value is -1.62. The number of aromatic amines is 1. The Morgan fingerprint density at radius 1 is 1.33 bits per heavy atom. The molecule has 0 radical (unpaired) electrons. The van der Waals surface area contributed by atoms with E-state index in [1.54, 1.807) is 11.9 Å². The Kier molecular flexibility index (Phi) is 3.85. The van der Waals surface area contributed by atoms with Crippen LogP contribution in [0.1, 0.15) is 40.3 Å². The lowest BCUT2D eigenvalue weighted by Gasteiger charge is -2.17. The van der Waals surface area contributed by atoms with Crippen LogP contribution in [0.4, 0.5) is 5.69 Å². The van der Waals surface area contributed by atoms with Crippen molar-refractivity contribution in [2.75, 3.05) is 11.9 Å². The zero-order chi connectivity index (χ0) is 15.0. The molecule has 1 amide bonds. The molecule has 0 atom stereocenters. The smallest absolute Gasteiger partial charge is 0.274 e. The number of anilines is 1. The number of fused-ring (bicyclic) bond motifs is 1. The molecule has 0 fully saturated rings. The highest BCUT2D eigenvalue weighted by molar-refractivity contribution is 9.10. The van der Waals surface area contributed by atoms with Gasteiger partial charge >= 0.3 is 0 Å². The van der Waals surface area contributed by atoms with E-state index < -0.39 is 0 Å². The molecule has 5 heteroatoms. The first-order chi connectivity index (χ1) is 10.1. The number of aryl methyl sites for hydroxylation is 3. The first-order valence-corrected chi connectivity index (χ1v) is 7.97. The van der Waals surface area contributed by atoms with Gasteiger partial charge in [-0.05, 0) is 72.3 Å². The largest absolute Gasteiger partial charge is 0.354 e. The predicted molar refractivity (Wildman–Crippen MR) is 86.8 cm³/mol. The number of pyridine rings is 1. The topological polar surface area (TPSA) is 49.0 Å². The number of hydrogen-bond donors (Lipinski definition) is 1. The van der Waals surface area contributed by atoms with Crippen LogP contribution < -0.4 is 4.90 Å². The third kappa shape index (κ3) is 2.75. The molecule has 0 spiro atoms. The third-order valence-electron chi connectivity index (χ3n) is 3.98. The standard InChI is InChI=1S/C16H18BrN3O/c1-10-7-8-14(15(17)18-10)20(2)16(21)13-9-11-5-3-4-6-12(11)19-13/h7-9,19H,3-6H2,1-2H3. The lowest BCUT2D eigenvalue weighted by molar-refractivity contribution is 0.0988. The second kappa shape index (κ2) is 5.64. The van der Waals surface area contributed by atoms with Crippen molar-refractivity contribution >= 4 is 27.5 Å². The van der Waals surface area contributed by atoms with Crippen molar-refractivity contribution in [3.8, 4) is 0 Å². The molecule has 2 aromatic rings. The quantitative estimate of drug-likeness (QED) is 0.843. The SMILES string of the molecule is Cc1ccc(N(C)C(=O)c2cc3c([nH]2)CCCC3)c(Br)n1. The summed E-state index contributed by atoms with van der Waals surface area (Å²) >= 11 is 3.43. The summed E-state index contributed by atoms with van der Waals surface area (Å²) in [5.41, 5.74) is 4.87. The van der Waals surface area contributed by atoms with Gasteiger partial charge in [-0.3, -0.25) is 4.79 Å². The predicted octanol–water partition coefficient (Wildman–Crippen LogP) is 3.64. The molecule has 0 saturated heterocycles. The maximum absolute atomic E-state index is 12.6. The second-order valence-electron chi connectivity index (χ2n) is 5.52. The number of aromatic nitrogens is 2. The van der Waals surface area contributed by atoms with Crippen LogP contribution in [0.25, 0.3) is 0 Å². The van der Waals surface area contributed by atoms with Crippen LogP contribution in [0.15, 0.2) is 22.8 Å². The van der Waals surface area contributed by atoms with Gasteiger partial charge in [0.05, 0.1) is 5.69 Å². The van der Waals surface area contributed by atoms with Gasteiger partial charge in [0, 0.05) is 18.4 Å². The summed E-state index contributed by atoms with van der Waals surface area (Å²) in [5, 5.41) is 0. The fourth-order valence-electron chi connectivity index (χ4n) is 2.78. The summed E-state index contributed by atoms with van der Waals surface area (Å²) in [4.78, 5) is 21.9. The van der Waals surface area contributed by atoms with E-state index in [1.807, 2.05) is 25.1 Å². The maximum Gasteiger partial charge on any atom is 0.274 e. The molecule has 0 aliphatic heterocycles. The number of H-pyrrole nitrogens is 1. The van der Waals surface area contributed by atoms with Crippen LogP contribution in [0, 0.1) is 6.92 Å². The normalized spacial score (nSPS) is 13.9. The number of nitrogens with one attached hydrogen (secondary N) is 1. The highest BCUT2D eigenvalue weighted by Gasteiger charge is 2.21. The van der Waals surface area contributed by atoms with E-state index in [9.17, 15) is 4.79 Å². The van der Waals surface area contributed by atoms with Gasteiger partial charge < -0.3 is 9.88 Å². The minimum atomic E-state index is -0.0317. The number of hydrogen-bond acceptors (Lipinski definition) is 2. The van der Waals surface area contributed by atoms with E-state index in [4.69, 9.17) is 0 Å². The number of carbonyl (C=O) groups is 1. The minimum Gasteiger partial charge on any atom is -0.354 e. The van der Waals surface area contributed by atoms with Crippen LogP contribution in [0.2, 0.25) is 0 Å². The molecule has 1 aliphatic rings. The third-order valence-corrected chi connectivity index (χ3v) is 4.56. The van der Waals surface area contributed by atoms with Gasteiger partial charge in [0.2, 0.25) is 0 Å². The van der Waals surface area contributed by atoms with Crippen molar-refractivity contribution in [2.24, 2.45) is 0 Å². The molecule has 0 bridgehead atoms. The number of carbonyl (C=O) groups excluding carboxylic acids is 1. The molecule has 0 unspecified atom stereocenters. The zero-order valence-electron chi connectivity index (χ0n) is 12.2. The van der Waals surface area contributed by atoms with Crippen molar-refractivity contribution < 1.29 is 4.79 Å². The Balaban J connectivity index is 1.88. The van der Waals surface area contributed by atoms with Crippen LogP contribution >= 0.6 is 15.9 Å². The zero-order valence-corrected chi connectivity index (χ0v) is 13.8. The van der Waals surface area contributed by atoms with E-state index in [0.29, 0.717) is 10.3 Å². The fraction of sp³-hybridized carbons (Fsp3) is 0.375. The molecule has 1 aliphatic carbocycles. The summed E-state index contributed by atoms with van der Waals surface area (Å²) in [6, 6.07) is 5.82. The Morgan fingerprint density at radius 3 is 2.81 bits per heavy atom. The maximum atomic E-state index is 12.6. The van der Waals surface area contributed by atoms with Crippen molar-refractivity contribution in [2.45, 2.75) is 32.6 Å². The van der Waals surface area contributed by atoms with Crippen LogP contribution in [0.5, 0.6) is 0 Å². The Morgan fingerprint density at radius 2 is 2.10 bits per heavy atom. The Labute approximate surface area is 132 Å². The molecule has 0 saturated carbocycles. The van der Waals surface area contributed by atoms with E-state index in [1.165, 1.54) is 24.1 Å². The molecule has 110 valence electrons. The summed E-state index contributed by atoms with van der Waals surface area (Å²) in [5.74, 6) is -0.0317. The summed E-state index contributed by atoms with van der Waals surface area (Å²) < 4.78 is 0.690. The molecule has 4 nitrogen and oxygen atoms in total. The van der Waals surface area contributed by atoms with Gasteiger partial charge in [0.15, 0.2) is 0 Å². The molecule has 1 N–H and O–H groups in total. The van der Waals surface area contributed by atoms with Gasteiger partial charge in [-0.15, -0.1) is 0 Å². The van der Waals surface area contributed by atoms with Crippen molar-refractivity contribution in [3.05, 3.63) is 45.4 Å². The highest BCUT2D eigenvalue weighted by Crippen LogP contribution is 2.26. The number of halogens is 1. The Bertz CT molecular complexity index is 669. The van der Waals surface area contributed by atoms with Crippen molar-refractivity contribution in [1.29, 1.82) is 0 Å². The van der Waals surface area contributed by atoms with Crippen LogP contribution in [-0.2, 0) is 12.8 Å². The summed E-state index contributed by atoms with van der Waals surface area (Å²) in [6.07, 6.45) is 4.52. The molecular weight excluding hydrogens is 330 g/mol. The van der Waals surface area contributed by atoms with Crippen LogP contribution in [-0.4, -0.2) is 22.9 Å². The van der Waals surface area contributed by atoms with Gasteiger partial charge in [-0.2, -0.15) is 0 Å². The number of rotatable bonds is 2. The molecule has 2 aromatic heterocycles. The monoisotopic (exact) mass is 347 g/mol. The molecule has 2 heterocycles. The average Bonchev–Trinajstić information content (AvgIpc) is 2.89. The van der Waals surface area contributed by atoms with E-state index in [0.717, 1.165) is 24.2 Å². The molecular formula is C16H18BrN3O. The minimum absolute atomic E-state index is 0.0317. The van der Waals surface area contributed by atoms with Crippen LogP contribution in [0.3, 0.4) is 0 Å². The summed E-state index contributed by atoms with van der Waals surface area (Å²) in [7, 11) is 1.78. The molecule has 0 aromatic carbocycles. The number of amides is 1. The van der Waals surface area contributed by atoms with Gasteiger partial charge in [0.1, 0.15) is 10.3 Å². The lowest BCUT2D eigenvalue weighted by atomic mass is 9.98. The molecule has 21 heavy (non-hydrogen) atoms. The van der Waals surface area contributed by atoms with Gasteiger partial charge in [-0.25, -0.2) is 4.98 Å². The van der Waals surface area contributed by atoms with Gasteiger partial charge in [0.25, 0.3) is 5.91 Å². The fourth-order valence-corrected chi connectivity index (χ4v) is 3.45. The first-order valence-electron chi connectivity index (χ1n) is 7.18. The van der Waals surface area contributed by atoms with E-state index in [-0.39, 0.29) is 5.91 Å². The lowest BCUT2D eigenvalue weighted by Crippen LogP contribution is -2.27. The number of nitrogens with zero attached hydrogens (tertiary/aromatic N) is 2. The van der Waals surface area contributed by atoms with Crippen molar-refractivity contribution in [1.82, 2.24) is 9.97 Å². The summed E-state index contributed by atoms with van der Waals surface area (Å²) in [6.45, 7) is 1.93. The first kappa shape index (κ1) is 14.3. The van der Waals surface area contributed by atoms with E-state index in [2.05, 4.69) is 25.9 Å². The second-order valence-corrected chi connectivity index (χ2v) is 6.27.